The summed E-state index contributed by atoms with van der Waals surface area (Å²) in [6.07, 6.45) is 1.83. The molecule has 0 N–H and O–H groups in total. The Morgan fingerprint density at radius 2 is 2.08 bits per heavy atom. The lowest BCUT2D eigenvalue weighted by molar-refractivity contribution is -0.138. The van der Waals surface area contributed by atoms with Crippen molar-refractivity contribution in [2.24, 2.45) is 0 Å². The van der Waals surface area contributed by atoms with E-state index < -0.39 is 0 Å². The van der Waals surface area contributed by atoms with E-state index in [2.05, 4.69) is 0 Å². The Morgan fingerprint density at radius 3 is 2.76 bits per heavy atom. The molecule has 1 amide bonds. The van der Waals surface area contributed by atoms with Crippen LogP contribution < -0.4 is 9.47 Å². The number of benzene rings is 1. The first-order valence-corrected chi connectivity index (χ1v) is 9.28. The van der Waals surface area contributed by atoms with E-state index in [1.54, 1.807) is 12.1 Å². The fraction of sp³-hybridized carbons (Fsp3) is 0.412. The molecule has 0 saturated carbocycles. The maximum atomic E-state index is 12.8. The van der Waals surface area contributed by atoms with E-state index in [9.17, 15) is 4.79 Å². The van der Waals surface area contributed by atoms with Crippen molar-refractivity contribution >= 4 is 40.3 Å². The van der Waals surface area contributed by atoms with Crippen molar-refractivity contribution in [3.63, 3.8) is 0 Å². The molecule has 2 fully saturated rings. The molecule has 1 aromatic rings. The summed E-state index contributed by atoms with van der Waals surface area (Å²) in [7, 11) is 1.60. The minimum Gasteiger partial charge on any atom is -0.493 e. The van der Waals surface area contributed by atoms with Crippen LogP contribution in [0.2, 0.25) is 0 Å². The molecule has 3 rings (SSSR count). The average molecular weight is 380 g/mol. The summed E-state index contributed by atoms with van der Waals surface area (Å²) in [6.45, 7) is 5.02. The SMILES string of the molecule is CCOc1ccc(/C=C2/SC(=S)N(N3CCOCC3)C2=O)cc1OC. The van der Waals surface area contributed by atoms with Gasteiger partial charge in [-0.15, -0.1) is 0 Å². The Bertz CT molecular complexity index is 702. The molecule has 2 aliphatic heterocycles. The van der Waals surface area contributed by atoms with Crippen LogP contribution >= 0.6 is 24.0 Å². The lowest BCUT2D eigenvalue weighted by atomic mass is 10.2. The number of thiocarbonyl (C=S) groups is 1. The van der Waals surface area contributed by atoms with Crippen molar-refractivity contribution in [1.29, 1.82) is 0 Å². The summed E-state index contributed by atoms with van der Waals surface area (Å²) in [4.78, 5) is 13.4. The number of morpholine rings is 1. The van der Waals surface area contributed by atoms with E-state index in [-0.39, 0.29) is 5.91 Å². The van der Waals surface area contributed by atoms with Gasteiger partial charge in [0.05, 0.1) is 31.8 Å². The van der Waals surface area contributed by atoms with Gasteiger partial charge in [0.2, 0.25) is 0 Å². The molecule has 25 heavy (non-hydrogen) atoms. The van der Waals surface area contributed by atoms with Gasteiger partial charge in [-0.25, -0.2) is 10.0 Å². The Labute approximate surface area is 156 Å². The first-order chi connectivity index (χ1) is 12.1. The zero-order valence-corrected chi connectivity index (χ0v) is 15.8. The van der Waals surface area contributed by atoms with Gasteiger partial charge >= 0.3 is 0 Å². The van der Waals surface area contributed by atoms with Crippen molar-refractivity contribution in [2.45, 2.75) is 6.92 Å². The predicted molar refractivity (Wildman–Crippen MR) is 102 cm³/mol. The number of ether oxygens (including phenoxy) is 3. The van der Waals surface area contributed by atoms with E-state index in [1.807, 2.05) is 36.2 Å². The fourth-order valence-corrected chi connectivity index (χ4v) is 3.97. The Hall–Kier alpha value is -1.61. The van der Waals surface area contributed by atoms with Gasteiger partial charge in [-0.2, -0.15) is 0 Å². The molecule has 0 aromatic heterocycles. The van der Waals surface area contributed by atoms with Crippen LogP contribution in [-0.4, -0.2) is 60.3 Å². The number of thioether (sulfide) groups is 1. The third-order valence-electron chi connectivity index (χ3n) is 3.83. The summed E-state index contributed by atoms with van der Waals surface area (Å²) < 4.78 is 16.8. The van der Waals surface area contributed by atoms with Crippen molar-refractivity contribution in [1.82, 2.24) is 10.0 Å². The molecule has 0 bridgehead atoms. The van der Waals surface area contributed by atoms with Gasteiger partial charge in [-0.1, -0.05) is 30.0 Å². The van der Waals surface area contributed by atoms with Crippen LogP contribution in [-0.2, 0) is 9.53 Å². The molecule has 2 aliphatic rings. The molecule has 2 saturated heterocycles. The minimum absolute atomic E-state index is 0.0928. The molecule has 8 heteroatoms. The monoisotopic (exact) mass is 380 g/mol. The molecule has 2 heterocycles. The number of rotatable bonds is 5. The summed E-state index contributed by atoms with van der Waals surface area (Å²) >= 11 is 6.71. The molecule has 0 unspecified atom stereocenters. The smallest absolute Gasteiger partial charge is 0.280 e. The maximum Gasteiger partial charge on any atom is 0.280 e. The second-order valence-electron chi connectivity index (χ2n) is 5.40. The zero-order chi connectivity index (χ0) is 17.8. The molecular weight excluding hydrogens is 360 g/mol. The number of methoxy groups -OCH3 is 1. The molecule has 0 aliphatic carbocycles. The number of hydrazine groups is 1. The van der Waals surface area contributed by atoms with Gasteiger partial charge in [-0.05, 0) is 30.7 Å². The van der Waals surface area contributed by atoms with Gasteiger partial charge in [0.1, 0.15) is 0 Å². The highest BCUT2D eigenvalue weighted by Gasteiger charge is 2.36. The lowest BCUT2D eigenvalue weighted by Crippen LogP contribution is -2.50. The summed E-state index contributed by atoms with van der Waals surface area (Å²) in [5, 5.41) is 3.53. The van der Waals surface area contributed by atoms with Crippen molar-refractivity contribution in [2.75, 3.05) is 40.0 Å². The van der Waals surface area contributed by atoms with Crippen LogP contribution in [0.4, 0.5) is 0 Å². The van der Waals surface area contributed by atoms with Crippen molar-refractivity contribution in [3.05, 3.63) is 28.7 Å². The van der Waals surface area contributed by atoms with E-state index in [1.165, 1.54) is 11.8 Å². The van der Waals surface area contributed by atoms with Crippen LogP contribution in [0, 0.1) is 0 Å². The third kappa shape index (κ3) is 3.98. The average Bonchev–Trinajstić information content (AvgIpc) is 2.90. The predicted octanol–water partition coefficient (Wildman–Crippen LogP) is 2.54. The van der Waals surface area contributed by atoms with Crippen LogP contribution in [0.3, 0.4) is 0 Å². The van der Waals surface area contributed by atoms with E-state index >= 15 is 0 Å². The highest BCUT2D eigenvalue weighted by Crippen LogP contribution is 2.35. The highest BCUT2D eigenvalue weighted by molar-refractivity contribution is 8.26. The Morgan fingerprint density at radius 1 is 1.32 bits per heavy atom. The number of amides is 1. The Kier molecular flexibility index (Phi) is 5.95. The van der Waals surface area contributed by atoms with E-state index in [0.717, 1.165) is 5.56 Å². The number of hydrogen-bond donors (Lipinski definition) is 0. The maximum absolute atomic E-state index is 12.8. The number of carbonyl (C=O) groups excluding carboxylic acids is 1. The molecule has 0 spiro atoms. The van der Waals surface area contributed by atoms with Gasteiger partial charge in [0.15, 0.2) is 15.8 Å². The van der Waals surface area contributed by atoms with Crippen LogP contribution in [0.25, 0.3) is 6.08 Å². The van der Waals surface area contributed by atoms with Gasteiger partial charge in [0, 0.05) is 13.1 Å². The Balaban J connectivity index is 1.81. The summed E-state index contributed by atoms with van der Waals surface area (Å²) in [5.41, 5.74) is 0.864. The third-order valence-corrected chi connectivity index (χ3v) is 5.11. The second kappa shape index (κ2) is 8.18. The largest absolute Gasteiger partial charge is 0.493 e. The number of nitrogens with zero attached hydrogens (tertiary/aromatic N) is 2. The number of carbonyl (C=O) groups is 1. The van der Waals surface area contributed by atoms with Crippen molar-refractivity contribution in [3.8, 4) is 11.5 Å². The van der Waals surface area contributed by atoms with Gasteiger partial charge < -0.3 is 14.2 Å². The fourth-order valence-electron chi connectivity index (χ4n) is 2.66. The molecule has 6 nitrogen and oxygen atoms in total. The van der Waals surface area contributed by atoms with E-state index in [4.69, 9.17) is 26.4 Å². The lowest BCUT2D eigenvalue weighted by Gasteiger charge is -2.33. The topological polar surface area (TPSA) is 51.2 Å². The standard InChI is InChI=1S/C17H20N2O4S2/c1-3-23-13-5-4-12(10-14(13)21-2)11-15-16(20)19(17(24)25-15)18-6-8-22-9-7-18/h4-5,10-11H,3,6-9H2,1-2H3/b15-11+. The highest BCUT2D eigenvalue weighted by atomic mass is 32.2. The molecular formula is C17H20N2O4S2. The molecule has 1 aromatic carbocycles. The van der Waals surface area contributed by atoms with Gasteiger partial charge in [0.25, 0.3) is 5.91 Å². The first kappa shape index (κ1) is 18.2. The summed E-state index contributed by atoms with van der Waals surface area (Å²) in [6, 6.07) is 5.60. The summed E-state index contributed by atoms with van der Waals surface area (Å²) in [5.74, 6) is 1.23. The second-order valence-corrected chi connectivity index (χ2v) is 7.08. The molecule has 134 valence electrons. The van der Waals surface area contributed by atoms with Crippen molar-refractivity contribution < 1.29 is 19.0 Å². The normalized spacial score (nSPS) is 20.4. The van der Waals surface area contributed by atoms with Crippen LogP contribution in [0.5, 0.6) is 11.5 Å². The first-order valence-electron chi connectivity index (χ1n) is 8.05. The zero-order valence-electron chi connectivity index (χ0n) is 14.2. The van der Waals surface area contributed by atoms with Crippen LogP contribution in [0.1, 0.15) is 12.5 Å². The minimum atomic E-state index is -0.0928. The van der Waals surface area contributed by atoms with E-state index in [0.29, 0.717) is 53.6 Å². The van der Waals surface area contributed by atoms with Crippen LogP contribution in [0.15, 0.2) is 23.1 Å². The molecule has 0 atom stereocenters. The quantitative estimate of drug-likeness (QED) is 0.575. The number of hydrogen-bond acceptors (Lipinski definition) is 7. The molecule has 0 radical (unpaired) electrons. The van der Waals surface area contributed by atoms with Gasteiger partial charge in [-0.3, -0.25) is 4.79 Å².